The van der Waals surface area contributed by atoms with Crippen LogP contribution in [0, 0.1) is 12.7 Å². The molecule has 0 aliphatic heterocycles. The molecule has 2 aromatic heterocycles. The van der Waals surface area contributed by atoms with Crippen molar-refractivity contribution in [2.24, 2.45) is 0 Å². The first-order chi connectivity index (χ1) is 17.4. The van der Waals surface area contributed by atoms with E-state index in [-0.39, 0.29) is 16.8 Å². The molecule has 0 aliphatic rings. The quantitative estimate of drug-likeness (QED) is 0.291. The van der Waals surface area contributed by atoms with E-state index in [4.69, 9.17) is 4.74 Å². The van der Waals surface area contributed by atoms with Gasteiger partial charge in [0.05, 0.1) is 18.0 Å². The fraction of sp³-hybridized carbons (Fsp3) is 0.250. The van der Waals surface area contributed by atoms with E-state index in [1.165, 1.54) is 6.07 Å². The average Bonchev–Trinajstić information content (AvgIpc) is 3.34. The molecule has 1 amide bonds. The van der Waals surface area contributed by atoms with Gasteiger partial charge in [-0.15, -0.1) is 0 Å². The Labute approximate surface area is 209 Å². The highest BCUT2D eigenvalue weighted by Gasteiger charge is 2.22. The van der Waals surface area contributed by atoms with Crippen molar-refractivity contribution >= 4 is 11.6 Å². The number of aryl methyl sites for hydroxylation is 2. The molecule has 8 heteroatoms. The fourth-order valence-corrected chi connectivity index (χ4v) is 3.78. The number of hydrogen-bond acceptors (Lipinski definition) is 4. The molecule has 2 heterocycles. The maximum Gasteiger partial charge on any atom is 0.261 e. The lowest BCUT2D eigenvalue weighted by Crippen LogP contribution is -2.25. The number of anilines is 1. The number of rotatable bonds is 9. The van der Waals surface area contributed by atoms with Crippen LogP contribution in [0.15, 0.2) is 65.6 Å². The number of halogens is 1. The third-order valence-corrected chi connectivity index (χ3v) is 5.81. The second-order valence-electron chi connectivity index (χ2n) is 8.52. The number of hydrogen-bond donors (Lipinski definition) is 2. The van der Waals surface area contributed by atoms with Gasteiger partial charge < -0.3 is 15.0 Å². The predicted molar refractivity (Wildman–Crippen MR) is 139 cm³/mol. The first-order valence-corrected chi connectivity index (χ1v) is 12.0. The molecular formula is C28H29FN4O3. The summed E-state index contributed by atoms with van der Waals surface area (Å²) in [5.74, 6) is -0.697. The molecule has 0 bridgehead atoms. The van der Waals surface area contributed by atoms with Crippen LogP contribution in [0.2, 0.25) is 0 Å². The van der Waals surface area contributed by atoms with E-state index in [1.807, 2.05) is 26.0 Å². The van der Waals surface area contributed by atoms with E-state index in [9.17, 15) is 9.59 Å². The largest absolute Gasteiger partial charge is 0.493 e. The standard InChI is InChI=1S/C28H29FN4O3/c1-4-6-15-36-20-11-12-21(23(29)16-20)25-17-22(24-13-14-33(5-2)32-24)26(28(35)31-25)27(34)30-19-9-7-18(3)8-10-19/h7-14,16-17H,4-6,15H2,1-3H3,(H,30,34)(H,31,35). The summed E-state index contributed by atoms with van der Waals surface area (Å²) in [5.41, 5.74) is 2.06. The number of carbonyl (C=O) groups excluding carboxylic acids is 1. The Hall–Kier alpha value is -4.20. The van der Waals surface area contributed by atoms with Gasteiger partial charge in [0.1, 0.15) is 17.1 Å². The smallest absolute Gasteiger partial charge is 0.261 e. The minimum atomic E-state index is -0.638. The molecule has 0 saturated carbocycles. The number of aromatic nitrogens is 3. The van der Waals surface area contributed by atoms with Crippen LogP contribution in [0.1, 0.15) is 42.6 Å². The summed E-state index contributed by atoms with van der Waals surface area (Å²) in [6.07, 6.45) is 3.61. The molecule has 0 fully saturated rings. The molecule has 0 saturated heterocycles. The number of ether oxygens (including phenoxy) is 1. The number of nitrogens with zero attached hydrogens (tertiary/aromatic N) is 2. The van der Waals surface area contributed by atoms with E-state index < -0.39 is 17.3 Å². The molecule has 0 atom stereocenters. The third kappa shape index (κ3) is 5.54. The summed E-state index contributed by atoms with van der Waals surface area (Å²) in [5, 5.41) is 7.26. The number of benzene rings is 2. The van der Waals surface area contributed by atoms with Gasteiger partial charge in [-0.1, -0.05) is 31.0 Å². The zero-order valence-corrected chi connectivity index (χ0v) is 20.6. The van der Waals surface area contributed by atoms with Crippen LogP contribution >= 0.6 is 0 Å². The van der Waals surface area contributed by atoms with E-state index >= 15 is 4.39 Å². The van der Waals surface area contributed by atoms with Crippen LogP contribution in [0.3, 0.4) is 0 Å². The summed E-state index contributed by atoms with van der Waals surface area (Å²) in [6, 6.07) is 15.1. The predicted octanol–water partition coefficient (Wildman–Crippen LogP) is 5.80. The van der Waals surface area contributed by atoms with E-state index in [2.05, 4.69) is 22.3 Å². The molecule has 0 radical (unpaired) electrons. The highest BCUT2D eigenvalue weighted by Crippen LogP contribution is 2.29. The Balaban J connectivity index is 1.76. The maximum atomic E-state index is 15.0. The van der Waals surface area contributed by atoms with Gasteiger partial charge >= 0.3 is 0 Å². The summed E-state index contributed by atoms with van der Waals surface area (Å²) >= 11 is 0. The van der Waals surface area contributed by atoms with Crippen LogP contribution in [0.5, 0.6) is 5.75 Å². The average molecular weight is 489 g/mol. The van der Waals surface area contributed by atoms with Crippen LogP contribution in [0.25, 0.3) is 22.5 Å². The molecular weight excluding hydrogens is 459 g/mol. The lowest BCUT2D eigenvalue weighted by atomic mass is 10.0. The number of nitrogens with one attached hydrogen (secondary N) is 2. The number of H-pyrrole nitrogens is 1. The summed E-state index contributed by atoms with van der Waals surface area (Å²) in [7, 11) is 0. The van der Waals surface area contributed by atoms with Crippen molar-refractivity contribution in [1.82, 2.24) is 14.8 Å². The Kier molecular flexibility index (Phi) is 7.63. The highest BCUT2D eigenvalue weighted by atomic mass is 19.1. The Morgan fingerprint density at radius 3 is 2.53 bits per heavy atom. The first kappa shape index (κ1) is 24.9. The lowest BCUT2D eigenvalue weighted by molar-refractivity contribution is 0.102. The van der Waals surface area contributed by atoms with Crippen molar-refractivity contribution in [2.45, 2.75) is 40.2 Å². The van der Waals surface area contributed by atoms with E-state index in [0.717, 1.165) is 18.4 Å². The minimum Gasteiger partial charge on any atom is -0.493 e. The molecule has 0 unspecified atom stereocenters. The van der Waals surface area contributed by atoms with E-state index in [0.29, 0.717) is 35.8 Å². The molecule has 4 rings (SSSR count). The topological polar surface area (TPSA) is 89.0 Å². The van der Waals surface area contributed by atoms with Gasteiger partial charge in [0.25, 0.3) is 11.5 Å². The van der Waals surface area contributed by atoms with Crippen molar-refractivity contribution in [3.8, 4) is 28.3 Å². The first-order valence-electron chi connectivity index (χ1n) is 12.0. The van der Waals surface area contributed by atoms with Crippen LogP contribution in [-0.2, 0) is 6.54 Å². The molecule has 2 aromatic carbocycles. The van der Waals surface area contributed by atoms with Gasteiger partial charge in [-0.25, -0.2) is 4.39 Å². The Bertz CT molecular complexity index is 1420. The third-order valence-electron chi connectivity index (χ3n) is 5.81. The van der Waals surface area contributed by atoms with Crippen LogP contribution < -0.4 is 15.6 Å². The Morgan fingerprint density at radius 2 is 1.86 bits per heavy atom. The van der Waals surface area contributed by atoms with Gasteiger partial charge in [-0.2, -0.15) is 5.10 Å². The minimum absolute atomic E-state index is 0.0967. The molecule has 36 heavy (non-hydrogen) atoms. The van der Waals surface area contributed by atoms with Crippen molar-refractivity contribution < 1.29 is 13.9 Å². The maximum absolute atomic E-state index is 15.0. The molecule has 2 N–H and O–H groups in total. The van der Waals surface area contributed by atoms with Gasteiger partial charge in [0.15, 0.2) is 0 Å². The lowest BCUT2D eigenvalue weighted by Gasteiger charge is -2.12. The molecule has 4 aromatic rings. The molecule has 7 nitrogen and oxygen atoms in total. The van der Waals surface area contributed by atoms with Crippen molar-refractivity contribution in [3.63, 3.8) is 0 Å². The zero-order chi connectivity index (χ0) is 25.7. The van der Waals surface area contributed by atoms with Crippen LogP contribution in [-0.4, -0.2) is 27.3 Å². The number of aromatic amines is 1. The van der Waals surface area contributed by atoms with Gasteiger partial charge in [-0.3, -0.25) is 14.3 Å². The van der Waals surface area contributed by atoms with E-state index in [1.54, 1.807) is 47.3 Å². The van der Waals surface area contributed by atoms with Gasteiger partial charge in [-0.05, 0) is 56.7 Å². The SMILES string of the molecule is CCCCOc1ccc(-c2cc(-c3ccn(CC)n3)c(C(=O)Nc3ccc(C)cc3)c(=O)[nH]2)c(F)c1. The zero-order valence-electron chi connectivity index (χ0n) is 20.6. The molecule has 0 spiro atoms. The molecule has 186 valence electrons. The van der Waals surface area contributed by atoms with Gasteiger partial charge in [0.2, 0.25) is 0 Å². The summed E-state index contributed by atoms with van der Waals surface area (Å²) in [6.45, 7) is 7.05. The second-order valence-corrected chi connectivity index (χ2v) is 8.52. The number of carbonyl (C=O) groups is 1. The van der Waals surface area contributed by atoms with Crippen LogP contribution in [0.4, 0.5) is 10.1 Å². The number of unbranched alkanes of at least 4 members (excludes halogenated alkanes) is 1. The van der Waals surface area contributed by atoms with Gasteiger partial charge in [0, 0.05) is 35.6 Å². The monoisotopic (exact) mass is 488 g/mol. The fourth-order valence-electron chi connectivity index (χ4n) is 3.78. The van der Waals surface area contributed by atoms with Crippen molar-refractivity contribution in [1.29, 1.82) is 0 Å². The van der Waals surface area contributed by atoms with Crippen molar-refractivity contribution in [2.75, 3.05) is 11.9 Å². The number of amides is 1. The second kappa shape index (κ2) is 11.0. The highest BCUT2D eigenvalue weighted by molar-refractivity contribution is 6.08. The Morgan fingerprint density at radius 1 is 1.08 bits per heavy atom. The molecule has 0 aliphatic carbocycles. The normalized spacial score (nSPS) is 10.9. The summed E-state index contributed by atoms with van der Waals surface area (Å²) < 4.78 is 22.3. The number of pyridine rings is 1. The summed E-state index contributed by atoms with van der Waals surface area (Å²) in [4.78, 5) is 29.1. The van der Waals surface area contributed by atoms with Crippen molar-refractivity contribution in [3.05, 3.63) is 88.1 Å².